The summed E-state index contributed by atoms with van der Waals surface area (Å²) in [5.41, 5.74) is 1.90. The molecule has 82 valence electrons. The first-order valence-corrected chi connectivity index (χ1v) is 5.27. The number of hydrogen-bond acceptors (Lipinski definition) is 2. The topological polar surface area (TPSA) is 30.0 Å². The minimum Gasteiger partial charge on any atom is -0.294 e. The van der Waals surface area contributed by atoms with Crippen LogP contribution in [0.25, 0.3) is 0 Å². The van der Waals surface area contributed by atoms with Crippen molar-refractivity contribution in [1.29, 1.82) is 0 Å². The van der Waals surface area contributed by atoms with Gasteiger partial charge in [0.1, 0.15) is 0 Å². The van der Waals surface area contributed by atoms with E-state index in [0.29, 0.717) is 6.42 Å². The molecule has 0 aliphatic heterocycles. The van der Waals surface area contributed by atoms with Crippen molar-refractivity contribution in [1.82, 2.24) is 4.98 Å². The summed E-state index contributed by atoms with van der Waals surface area (Å²) < 4.78 is 0. The monoisotopic (exact) mass is 205 g/mol. The van der Waals surface area contributed by atoms with E-state index in [4.69, 9.17) is 0 Å². The molecule has 0 unspecified atom stereocenters. The number of ketones is 1. The van der Waals surface area contributed by atoms with Gasteiger partial charge in [-0.2, -0.15) is 0 Å². The first-order chi connectivity index (χ1) is 7.20. The number of Topliss-reactive ketones (excluding diaryl/α,β-unsaturated/α-hetero) is 1. The molecule has 1 rings (SSSR count). The molecular formula is C13H19NO. The molecule has 0 spiro atoms. The van der Waals surface area contributed by atoms with Gasteiger partial charge in [-0.3, -0.25) is 9.78 Å². The third kappa shape index (κ3) is 5.78. The van der Waals surface area contributed by atoms with Crippen LogP contribution in [0.3, 0.4) is 0 Å². The molecule has 0 N–H and O–H groups in total. The lowest BCUT2D eigenvalue weighted by atomic mass is 10.1. The molecule has 1 heterocycles. The molecular weight excluding hydrogens is 186 g/mol. The van der Waals surface area contributed by atoms with Gasteiger partial charge in [0.2, 0.25) is 0 Å². The van der Waals surface area contributed by atoms with Gasteiger partial charge in [-0.1, -0.05) is 25.5 Å². The van der Waals surface area contributed by atoms with Crippen LogP contribution in [0.15, 0.2) is 36.2 Å². The van der Waals surface area contributed by atoms with E-state index < -0.39 is 0 Å². The number of nitrogens with zero attached hydrogens (tertiary/aromatic N) is 1. The van der Waals surface area contributed by atoms with Crippen molar-refractivity contribution in [2.75, 3.05) is 0 Å². The Morgan fingerprint density at radius 3 is 2.27 bits per heavy atom. The number of pyridine rings is 1. The van der Waals surface area contributed by atoms with Crippen molar-refractivity contribution in [3.05, 3.63) is 41.7 Å². The van der Waals surface area contributed by atoms with Gasteiger partial charge in [0.05, 0.1) is 0 Å². The van der Waals surface area contributed by atoms with Gasteiger partial charge in [-0.25, -0.2) is 0 Å². The molecule has 0 amide bonds. The molecule has 15 heavy (non-hydrogen) atoms. The number of aromatic nitrogens is 1. The standard InChI is InChI=1S/C11H13NO.C2H6/c1-9(2)3-4-11(13)10-5-7-12-8-6-10;1-2/h3,5-8H,4H2,1-2H3;1-2H3. The van der Waals surface area contributed by atoms with Gasteiger partial charge >= 0.3 is 0 Å². The molecule has 0 aliphatic rings. The number of carbonyl (C=O) groups is 1. The van der Waals surface area contributed by atoms with Crippen molar-refractivity contribution in [3.8, 4) is 0 Å². The molecule has 1 aromatic rings. The maximum Gasteiger partial charge on any atom is 0.166 e. The van der Waals surface area contributed by atoms with Crippen molar-refractivity contribution in [2.24, 2.45) is 0 Å². The number of carbonyl (C=O) groups excluding carboxylic acids is 1. The molecule has 0 saturated carbocycles. The van der Waals surface area contributed by atoms with E-state index in [9.17, 15) is 4.79 Å². The second-order valence-corrected chi connectivity index (χ2v) is 3.14. The second-order valence-electron chi connectivity index (χ2n) is 3.14. The number of allylic oxidation sites excluding steroid dienone is 2. The summed E-state index contributed by atoms with van der Waals surface area (Å²) in [6, 6.07) is 3.47. The van der Waals surface area contributed by atoms with Crippen LogP contribution in [0.5, 0.6) is 0 Å². The molecule has 0 atom stereocenters. The zero-order valence-electron chi connectivity index (χ0n) is 9.95. The largest absolute Gasteiger partial charge is 0.294 e. The highest BCUT2D eigenvalue weighted by molar-refractivity contribution is 5.96. The van der Waals surface area contributed by atoms with Crippen LogP contribution in [0.1, 0.15) is 44.5 Å². The Hall–Kier alpha value is -1.44. The van der Waals surface area contributed by atoms with Gasteiger partial charge in [0.15, 0.2) is 5.78 Å². The highest BCUT2D eigenvalue weighted by atomic mass is 16.1. The lowest BCUT2D eigenvalue weighted by Gasteiger charge is -1.96. The zero-order valence-corrected chi connectivity index (χ0v) is 9.95. The zero-order chi connectivity index (χ0) is 11.7. The average molecular weight is 205 g/mol. The summed E-state index contributed by atoms with van der Waals surface area (Å²) in [7, 11) is 0. The van der Waals surface area contributed by atoms with Crippen LogP contribution >= 0.6 is 0 Å². The summed E-state index contributed by atoms with van der Waals surface area (Å²) in [4.78, 5) is 15.3. The fraction of sp³-hybridized carbons (Fsp3) is 0.385. The number of hydrogen-bond donors (Lipinski definition) is 0. The first kappa shape index (κ1) is 13.6. The van der Waals surface area contributed by atoms with E-state index in [0.717, 1.165) is 5.56 Å². The van der Waals surface area contributed by atoms with Crippen LogP contribution in [0.2, 0.25) is 0 Å². The maximum atomic E-state index is 11.5. The highest BCUT2D eigenvalue weighted by Crippen LogP contribution is 2.03. The molecule has 2 nitrogen and oxygen atoms in total. The summed E-state index contributed by atoms with van der Waals surface area (Å²) in [6.07, 6.45) is 5.68. The van der Waals surface area contributed by atoms with Gasteiger partial charge in [-0.05, 0) is 26.0 Å². The minimum atomic E-state index is 0.142. The Bertz CT molecular complexity index is 311. The summed E-state index contributed by atoms with van der Waals surface area (Å²) in [5.74, 6) is 0.142. The van der Waals surface area contributed by atoms with Crippen LogP contribution in [0, 0.1) is 0 Å². The van der Waals surface area contributed by atoms with Crippen molar-refractivity contribution >= 4 is 5.78 Å². The molecule has 0 aromatic carbocycles. The van der Waals surface area contributed by atoms with Crippen LogP contribution < -0.4 is 0 Å². The first-order valence-electron chi connectivity index (χ1n) is 5.27. The van der Waals surface area contributed by atoms with Gasteiger partial charge < -0.3 is 0 Å². The van der Waals surface area contributed by atoms with Gasteiger partial charge in [-0.15, -0.1) is 0 Å². The van der Waals surface area contributed by atoms with Crippen molar-refractivity contribution < 1.29 is 4.79 Å². The average Bonchev–Trinajstić information content (AvgIpc) is 2.30. The summed E-state index contributed by atoms with van der Waals surface area (Å²) in [6.45, 7) is 7.97. The number of rotatable bonds is 3. The van der Waals surface area contributed by atoms with Gasteiger partial charge in [0.25, 0.3) is 0 Å². The van der Waals surface area contributed by atoms with Crippen LogP contribution in [-0.2, 0) is 0 Å². The smallest absolute Gasteiger partial charge is 0.166 e. The van der Waals surface area contributed by atoms with Crippen LogP contribution in [0.4, 0.5) is 0 Å². The lowest BCUT2D eigenvalue weighted by molar-refractivity contribution is 0.0995. The second kappa shape index (κ2) is 7.92. The Labute approximate surface area is 92.0 Å². The Kier molecular flexibility index (Phi) is 7.16. The summed E-state index contributed by atoms with van der Waals surface area (Å²) in [5, 5.41) is 0. The fourth-order valence-corrected chi connectivity index (χ4v) is 0.952. The van der Waals surface area contributed by atoms with E-state index in [1.165, 1.54) is 5.57 Å². The third-order valence-electron chi connectivity index (χ3n) is 1.70. The predicted molar refractivity (Wildman–Crippen MR) is 64.0 cm³/mol. The fourth-order valence-electron chi connectivity index (χ4n) is 0.952. The molecule has 2 heteroatoms. The normalized spacial score (nSPS) is 8.53. The van der Waals surface area contributed by atoms with Gasteiger partial charge in [0, 0.05) is 24.4 Å². The quantitative estimate of drug-likeness (QED) is 0.557. The Morgan fingerprint density at radius 2 is 1.80 bits per heavy atom. The maximum absolute atomic E-state index is 11.5. The van der Waals surface area contributed by atoms with E-state index in [1.807, 2.05) is 33.8 Å². The predicted octanol–water partition coefficient (Wildman–Crippen LogP) is 3.65. The lowest BCUT2D eigenvalue weighted by Crippen LogP contribution is -1.96. The highest BCUT2D eigenvalue weighted by Gasteiger charge is 2.01. The Morgan fingerprint density at radius 1 is 1.27 bits per heavy atom. The van der Waals surface area contributed by atoms with E-state index >= 15 is 0 Å². The van der Waals surface area contributed by atoms with E-state index in [2.05, 4.69) is 4.98 Å². The SMILES string of the molecule is CC.CC(C)=CCC(=O)c1ccncc1. The molecule has 0 fully saturated rings. The minimum absolute atomic E-state index is 0.142. The van der Waals surface area contributed by atoms with Crippen LogP contribution in [-0.4, -0.2) is 10.8 Å². The third-order valence-corrected chi connectivity index (χ3v) is 1.70. The molecule has 1 aromatic heterocycles. The van der Waals surface area contributed by atoms with Crippen molar-refractivity contribution in [3.63, 3.8) is 0 Å². The van der Waals surface area contributed by atoms with Crippen molar-refractivity contribution in [2.45, 2.75) is 34.1 Å². The van der Waals surface area contributed by atoms with E-state index in [1.54, 1.807) is 24.5 Å². The molecule has 0 aliphatic carbocycles. The Balaban J connectivity index is 0.000000921. The molecule has 0 saturated heterocycles. The van der Waals surface area contributed by atoms with E-state index in [-0.39, 0.29) is 5.78 Å². The summed E-state index contributed by atoms with van der Waals surface area (Å²) >= 11 is 0. The molecule has 0 radical (unpaired) electrons. The molecule has 0 bridgehead atoms.